The lowest BCUT2D eigenvalue weighted by atomic mass is 10.1. The molecule has 3 rings (SSSR count). The maximum atomic E-state index is 12.4. The molecule has 3 aromatic rings. The number of hydrogen-bond acceptors (Lipinski definition) is 5. The van der Waals surface area contributed by atoms with Crippen molar-refractivity contribution in [3.05, 3.63) is 71.9 Å². The van der Waals surface area contributed by atoms with Crippen LogP contribution in [0.15, 0.2) is 60.7 Å². The summed E-state index contributed by atoms with van der Waals surface area (Å²) in [5.74, 6) is -1.23. The van der Waals surface area contributed by atoms with E-state index in [-0.39, 0.29) is 6.42 Å². The van der Waals surface area contributed by atoms with E-state index in [1.54, 1.807) is 6.07 Å². The molecule has 1 heterocycles. The first-order valence-corrected chi connectivity index (χ1v) is 8.66. The van der Waals surface area contributed by atoms with Crippen LogP contribution in [0.2, 0.25) is 0 Å². The van der Waals surface area contributed by atoms with Crippen molar-refractivity contribution in [3.8, 4) is 5.75 Å². The number of hydrogen-bond donors (Lipinski definition) is 2. The van der Waals surface area contributed by atoms with Crippen LogP contribution in [-0.4, -0.2) is 28.8 Å². The zero-order chi connectivity index (χ0) is 20.1. The predicted molar refractivity (Wildman–Crippen MR) is 104 cm³/mol. The van der Waals surface area contributed by atoms with Crippen LogP contribution in [0.5, 0.6) is 5.75 Å². The van der Waals surface area contributed by atoms with Crippen LogP contribution in [0.4, 0.5) is 0 Å². The summed E-state index contributed by atoms with van der Waals surface area (Å²) >= 11 is 0. The number of pyridine rings is 1. The minimum atomic E-state index is -0.908. The van der Waals surface area contributed by atoms with Gasteiger partial charge >= 0.3 is 5.97 Å². The van der Waals surface area contributed by atoms with Gasteiger partial charge in [-0.05, 0) is 36.4 Å². The number of aromatic nitrogens is 1. The Bertz CT molecular complexity index is 1030. The molecule has 1 atom stereocenters. The van der Waals surface area contributed by atoms with Crippen molar-refractivity contribution in [2.45, 2.75) is 19.4 Å². The third kappa shape index (κ3) is 4.70. The van der Waals surface area contributed by atoms with E-state index >= 15 is 0 Å². The second kappa shape index (κ2) is 8.30. The molecule has 7 nitrogen and oxygen atoms in total. The molecular weight excluding hydrogens is 358 g/mol. The minimum Gasteiger partial charge on any atom is -0.427 e. The molecule has 2 aromatic carbocycles. The van der Waals surface area contributed by atoms with Crippen molar-refractivity contribution < 1.29 is 19.1 Å². The average molecular weight is 377 g/mol. The van der Waals surface area contributed by atoms with E-state index in [0.29, 0.717) is 17.0 Å². The average Bonchev–Trinajstić information content (AvgIpc) is 2.67. The molecule has 0 aliphatic heterocycles. The van der Waals surface area contributed by atoms with Gasteiger partial charge in [0.1, 0.15) is 11.8 Å². The lowest BCUT2D eigenvalue weighted by Crippen LogP contribution is -2.46. The van der Waals surface area contributed by atoms with E-state index in [1.807, 2.05) is 30.3 Å². The summed E-state index contributed by atoms with van der Waals surface area (Å²) in [5.41, 5.74) is 7.22. The SMILES string of the molecule is CC(=O)Oc1ccc(C(=O)N[C@@H](Cc2ccc3ccccc3n2)C(N)=O)cc1. The van der Waals surface area contributed by atoms with Gasteiger partial charge in [-0.15, -0.1) is 0 Å². The standard InChI is InChI=1S/C21H19N3O4/c1-13(25)28-17-10-7-15(8-11-17)21(27)24-19(20(22)26)12-16-9-6-14-4-2-3-5-18(14)23-16/h2-11,19H,12H2,1H3,(H2,22,26)(H,24,27)/t19-/m0/s1. The van der Waals surface area contributed by atoms with E-state index in [9.17, 15) is 14.4 Å². The van der Waals surface area contributed by atoms with Gasteiger partial charge in [0.15, 0.2) is 0 Å². The van der Waals surface area contributed by atoms with E-state index < -0.39 is 23.8 Å². The van der Waals surface area contributed by atoms with Gasteiger partial charge in [-0.3, -0.25) is 19.4 Å². The molecule has 142 valence electrons. The molecule has 0 unspecified atom stereocenters. The van der Waals surface area contributed by atoms with Crippen molar-refractivity contribution >= 4 is 28.7 Å². The molecule has 0 aliphatic carbocycles. The van der Waals surface area contributed by atoms with Gasteiger partial charge in [-0.2, -0.15) is 0 Å². The fraction of sp³-hybridized carbons (Fsp3) is 0.143. The first kappa shape index (κ1) is 19.0. The van der Waals surface area contributed by atoms with Gasteiger partial charge in [0.2, 0.25) is 5.91 Å². The lowest BCUT2D eigenvalue weighted by molar-refractivity contribution is -0.131. The van der Waals surface area contributed by atoms with Crippen LogP contribution in [0.25, 0.3) is 10.9 Å². The highest BCUT2D eigenvalue weighted by Crippen LogP contribution is 2.14. The van der Waals surface area contributed by atoms with Crippen LogP contribution in [0, 0.1) is 0 Å². The van der Waals surface area contributed by atoms with Gasteiger partial charge in [-0.25, -0.2) is 0 Å². The van der Waals surface area contributed by atoms with Gasteiger partial charge in [0, 0.05) is 30.0 Å². The monoisotopic (exact) mass is 377 g/mol. The summed E-state index contributed by atoms with van der Waals surface area (Å²) in [6.07, 6.45) is 0.178. The Balaban J connectivity index is 1.72. The fourth-order valence-corrected chi connectivity index (χ4v) is 2.74. The van der Waals surface area contributed by atoms with Gasteiger partial charge in [0.05, 0.1) is 5.52 Å². The number of primary amides is 1. The minimum absolute atomic E-state index is 0.178. The number of esters is 1. The molecule has 1 aromatic heterocycles. The molecule has 0 fully saturated rings. The number of carbonyl (C=O) groups is 3. The second-order valence-corrected chi connectivity index (χ2v) is 6.25. The Labute approximate surface area is 161 Å². The molecule has 0 bridgehead atoms. The molecule has 0 aliphatic rings. The van der Waals surface area contributed by atoms with Gasteiger partial charge in [0.25, 0.3) is 5.91 Å². The topological polar surface area (TPSA) is 111 Å². The Hall–Kier alpha value is -3.74. The number of amides is 2. The number of nitrogens with one attached hydrogen (secondary N) is 1. The predicted octanol–water partition coefficient (Wildman–Crippen LogP) is 1.99. The smallest absolute Gasteiger partial charge is 0.308 e. The van der Waals surface area contributed by atoms with Crippen molar-refractivity contribution in [2.24, 2.45) is 5.73 Å². The second-order valence-electron chi connectivity index (χ2n) is 6.25. The third-order valence-corrected chi connectivity index (χ3v) is 4.10. The third-order valence-electron chi connectivity index (χ3n) is 4.10. The number of carbonyl (C=O) groups excluding carboxylic acids is 3. The Morgan fingerprint density at radius 3 is 2.43 bits per heavy atom. The van der Waals surface area contributed by atoms with Crippen molar-refractivity contribution in [3.63, 3.8) is 0 Å². The summed E-state index contributed by atoms with van der Waals surface area (Å²) in [6, 6.07) is 16.4. The molecular formula is C21H19N3O4. The molecule has 0 saturated carbocycles. The molecule has 2 amide bonds. The van der Waals surface area contributed by atoms with E-state index in [1.165, 1.54) is 31.2 Å². The number of para-hydroxylation sites is 1. The summed E-state index contributed by atoms with van der Waals surface area (Å²) in [5, 5.41) is 3.61. The summed E-state index contributed by atoms with van der Waals surface area (Å²) in [4.78, 5) is 39.7. The van der Waals surface area contributed by atoms with Crippen LogP contribution in [0.1, 0.15) is 23.0 Å². The van der Waals surface area contributed by atoms with Crippen molar-refractivity contribution in [2.75, 3.05) is 0 Å². The first-order valence-electron chi connectivity index (χ1n) is 8.66. The van der Waals surface area contributed by atoms with Crippen LogP contribution < -0.4 is 15.8 Å². The molecule has 0 radical (unpaired) electrons. The summed E-state index contributed by atoms with van der Waals surface area (Å²) in [6.45, 7) is 1.29. The number of ether oxygens (including phenoxy) is 1. The molecule has 0 spiro atoms. The van der Waals surface area contributed by atoms with Crippen LogP contribution >= 0.6 is 0 Å². The summed E-state index contributed by atoms with van der Waals surface area (Å²) in [7, 11) is 0. The van der Waals surface area contributed by atoms with E-state index in [4.69, 9.17) is 10.5 Å². The zero-order valence-corrected chi connectivity index (χ0v) is 15.2. The van der Waals surface area contributed by atoms with Gasteiger partial charge in [-0.1, -0.05) is 24.3 Å². The first-order chi connectivity index (χ1) is 13.4. The maximum Gasteiger partial charge on any atom is 0.308 e. The van der Waals surface area contributed by atoms with Crippen molar-refractivity contribution in [1.29, 1.82) is 0 Å². The number of rotatable bonds is 6. The maximum absolute atomic E-state index is 12.4. The quantitative estimate of drug-likeness (QED) is 0.504. The number of benzene rings is 2. The fourth-order valence-electron chi connectivity index (χ4n) is 2.74. The molecule has 28 heavy (non-hydrogen) atoms. The Kier molecular flexibility index (Phi) is 5.64. The van der Waals surface area contributed by atoms with Gasteiger partial charge < -0.3 is 15.8 Å². The highest BCUT2D eigenvalue weighted by molar-refractivity contribution is 5.97. The number of nitrogens with two attached hydrogens (primary N) is 1. The normalized spacial score (nSPS) is 11.6. The Morgan fingerprint density at radius 1 is 1.04 bits per heavy atom. The van der Waals surface area contributed by atoms with Crippen LogP contribution in [-0.2, 0) is 16.0 Å². The van der Waals surface area contributed by atoms with E-state index in [0.717, 1.165) is 10.9 Å². The number of fused-ring (bicyclic) bond motifs is 1. The highest BCUT2D eigenvalue weighted by Gasteiger charge is 2.20. The summed E-state index contributed by atoms with van der Waals surface area (Å²) < 4.78 is 4.93. The molecule has 3 N–H and O–H groups in total. The highest BCUT2D eigenvalue weighted by atomic mass is 16.5. The van der Waals surface area contributed by atoms with Crippen LogP contribution in [0.3, 0.4) is 0 Å². The molecule has 0 saturated heterocycles. The zero-order valence-electron chi connectivity index (χ0n) is 15.2. The van der Waals surface area contributed by atoms with E-state index in [2.05, 4.69) is 10.3 Å². The largest absolute Gasteiger partial charge is 0.427 e. The number of nitrogens with zero attached hydrogens (tertiary/aromatic N) is 1. The lowest BCUT2D eigenvalue weighted by Gasteiger charge is -2.15. The Morgan fingerprint density at radius 2 is 1.75 bits per heavy atom. The molecule has 7 heteroatoms. The van der Waals surface area contributed by atoms with Crippen molar-refractivity contribution in [1.82, 2.24) is 10.3 Å².